The predicted octanol–water partition coefficient (Wildman–Crippen LogP) is 4.13. The van der Waals surface area contributed by atoms with Crippen molar-refractivity contribution in [3.05, 3.63) is 35.2 Å². The zero-order valence-corrected chi connectivity index (χ0v) is 13.5. The van der Waals surface area contributed by atoms with Crippen LogP contribution in [-0.2, 0) is 4.74 Å². The van der Waals surface area contributed by atoms with E-state index in [4.69, 9.17) is 4.74 Å². The van der Waals surface area contributed by atoms with Crippen LogP contribution in [0.1, 0.15) is 20.8 Å². The molecule has 0 N–H and O–H groups in total. The summed E-state index contributed by atoms with van der Waals surface area (Å²) < 4.78 is 7.64. The molecule has 0 saturated heterocycles. The monoisotopic (exact) mass is 347 g/mol. The smallest absolute Gasteiger partial charge is 0.420 e. The lowest BCUT2D eigenvalue weighted by Gasteiger charge is -2.20. The second-order valence-corrected chi connectivity index (χ2v) is 6.53. The van der Waals surface area contributed by atoms with Gasteiger partial charge in [-0.15, -0.1) is 0 Å². The fourth-order valence-corrected chi connectivity index (χ4v) is 2.50. The van der Waals surface area contributed by atoms with Crippen LogP contribution >= 0.6 is 15.9 Å². The van der Waals surface area contributed by atoms with Gasteiger partial charge in [-0.25, -0.2) is 14.3 Å². The number of carbonyl (C=O) groups is 1. The summed E-state index contributed by atoms with van der Waals surface area (Å²) >= 11 is 3.34. The highest BCUT2D eigenvalue weighted by atomic mass is 79.9. The van der Waals surface area contributed by atoms with Crippen molar-refractivity contribution in [3.63, 3.8) is 0 Å². The Balaban J connectivity index is 2.32. The highest BCUT2D eigenvalue weighted by Crippen LogP contribution is 2.29. The Morgan fingerprint density at radius 1 is 1.24 bits per heavy atom. The Morgan fingerprint density at radius 2 is 2.00 bits per heavy atom. The van der Waals surface area contributed by atoms with Gasteiger partial charge in [0, 0.05) is 23.2 Å². The summed E-state index contributed by atoms with van der Waals surface area (Å²) in [6.07, 6.45) is 2.94. The largest absolute Gasteiger partial charge is 0.443 e. The van der Waals surface area contributed by atoms with Crippen LogP contribution in [0.2, 0.25) is 0 Å². The van der Waals surface area contributed by atoms with Gasteiger partial charge in [0.2, 0.25) is 0 Å². The molecule has 6 heteroatoms. The minimum atomic E-state index is -0.570. The summed E-state index contributed by atoms with van der Waals surface area (Å²) in [5.74, 6) is 0. The second kappa shape index (κ2) is 4.80. The van der Waals surface area contributed by atoms with Gasteiger partial charge in [0.15, 0.2) is 5.65 Å². The second-order valence-electron chi connectivity index (χ2n) is 5.71. The molecule has 0 fully saturated rings. The molecular weight excluding hydrogens is 334 g/mol. The zero-order valence-electron chi connectivity index (χ0n) is 11.9. The van der Waals surface area contributed by atoms with E-state index in [1.807, 2.05) is 32.9 Å². The number of hydrogen-bond acceptors (Lipinski definition) is 4. The highest BCUT2D eigenvalue weighted by Gasteiger charge is 2.23. The maximum Gasteiger partial charge on any atom is 0.420 e. The predicted molar refractivity (Wildman–Crippen MR) is 84.4 cm³/mol. The molecule has 3 rings (SSSR count). The number of aromatic nitrogens is 3. The van der Waals surface area contributed by atoms with Crippen LogP contribution in [0.5, 0.6) is 0 Å². The molecule has 5 nitrogen and oxygen atoms in total. The average Bonchev–Trinajstić information content (AvgIpc) is 2.70. The molecule has 0 aromatic carbocycles. The van der Waals surface area contributed by atoms with E-state index in [1.54, 1.807) is 18.5 Å². The fraction of sp³-hybridized carbons (Fsp3) is 0.267. The third-order valence-corrected chi connectivity index (χ3v) is 3.40. The Hall–Kier alpha value is -1.95. The molecular formula is C15H14BrN3O2. The van der Waals surface area contributed by atoms with Crippen molar-refractivity contribution in [1.29, 1.82) is 0 Å². The van der Waals surface area contributed by atoms with Gasteiger partial charge in [-0.3, -0.25) is 4.98 Å². The minimum absolute atomic E-state index is 0.445. The van der Waals surface area contributed by atoms with Gasteiger partial charge in [0.1, 0.15) is 10.2 Å². The summed E-state index contributed by atoms with van der Waals surface area (Å²) in [5, 5.41) is 1.74. The Morgan fingerprint density at radius 3 is 2.71 bits per heavy atom. The number of ether oxygens (including phenoxy) is 1. The molecule has 0 amide bonds. The van der Waals surface area contributed by atoms with Gasteiger partial charge >= 0.3 is 6.09 Å². The van der Waals surface area contributed by atoms with Crippen molar-refractivity contribution in [1.82, 2.24) is 14.5 Å². The molecule has 0 aliphatic heterocycles. The van der Waals surface area contributed by atoms with Gasteiger partial charge in [0.25, 0.3) is 0 Å². The molecule has 0 spiro atoms. The molecule has 3 aromatic heterocycles. The Bertz CT molecular complexity index is 849. The van der Waals surface area contributed by atoms with Gasteiger partial charge in [-0.1, -0.05) is 0 Å². The van der Waals surface area contributed by atoms with E-state index < -0.39 is 11.7 Å². The first-order valence-electron chi connectivity index (χ1n) is 6.51. The topological polar surface area (TPSA) is 57.0 Å². The fourth-order valence-electron chi connectivity index (χ4n) is 2.20. The number of carbonyl (C=O) groups excluding carboxylic acids is 1. The molecule has 3 aromatic rings. The molecule has 0 bridgehead atoms. The first-order valence-corrected chi connectivity index (χ1v) is 7.30. The van der Waals surface area contributed by atoms with Crippen LogP contribution in [0.15, 0.2) is 35.2 Å². The van der Waals surface area contributed by atoms with Gasteiger partial charge in [0.05, 0.1) is 5.52 Å². The molecule has 0 unspecified atom stereocenters. The Labute approximate surface area is 130 Å². The van der Waals surface area contributed by atoms with E-state index >= 15 is 0 Å². The summed E-state index contributed by atoms with van der Waals surface area (Å²) in [5.41, 5.74) is 0.723. The standard InChI is InChI=1S/C15H14BrN3O2/c1-15(2,3)21-14(20)19-11-6-7-17-8-10(11)9-4-5-12(16)18-13(9)19/h4-8H,1-3H3. The number of rotatable bonds is 0. The van der Waals surface area contributed by atoms with Crippen molar-refractivity contribution in [2.45, 2.75) is 26.4 Å². The lowest BCUT2D eigenvalue weighted by Crippen LogP contribution is -2.27. The maximum absolute atomic E-state index is 12.5. The lowest BCUT2D eigenvalue weighted by atomic mass is 10.2. The maximum atomic E-state index is 12.5. The van der Waals surface area contributed by atoms with Crippen molar-refractivity contribution in [3.8, 4) is 0 Å². The number of pyridine rings is 2. The van der Waals surface area contributed by atoms with Crippen LogP contribution in [0.25, 0.3) is 21.9 Å². The van der Waals surface area contributed by atoms with Crippen LogP contribution in [0.3, 0.4) is 0 Å². The van der Waals surface area contributed by atoms with Gasteiger partial charge < -0.3 is 4.74 Å². The van der Waals surface area contributed by atoms with Gasteiger partial charge in [-0.2, -0.15) is 0 Å². The Kier molecular flexibility index (Phi) is 3.20. The summed E-state index contributed by atoms with van der Waals surface area (Å²) in [6.45, 7) is 5.51. The van der Waals surface area contributed by atoms with E-state index in [9.17, 15) is 4.79 Å². The van der Waals surface area contributed by atoms with Crippen LogP contribution in [-0.4, -0.2) is 26.2 Å². The summed E-state index contributed by atoms with van der Waals surface area (Å²) in [7, 11) is 0. The van der Waals surface area contributed by atoms with E-state index in [1.165, 1.54) is 4.57 Å². The number of hydrogen-bond donors (Lipinski definition) is 0. The number of nitrogens with zero attached hydrogens (tertiary/aromatic N) is 3. The first-order chi connectivity index (χ1) is 9.87. The molecule has 0 saturated carbocycles. The summed E-state index contributed by atoms with van der Waals surface area (Å²) in [6, 6.07) is 5.54. The molecule has 21 heavy (non-hydrogen) atoms. The SMILES string of the molecule is CC(C)(C)OC(=O)n1c2ccncc2c2ccc(Br)nc21. The lowest BCUT2D eigenvalue weighted by molar-refractivity contribution is 0.0550. The molecule has 0 radical (unpaired) electrons. The molecule has 108 valence electrons. The molecule has 3 heterocycles. The zero-order chi connectivity index (χ0) is 15.2. The van der Waals surface area contributed by atoms with Crippen LogP contribution in [0.4, 0.5) is 4.79 Å². The summed E-state index contributed by atoms with van der Waals surface area (Å²) in [4.78, 5) is 21.1. The normalized spacial score (nSPS) is 12.0. The first kappa shape index (κ1) is 14.0. The third-order valence-electron chi connectivity index (χ3n) is 2.96. The van der Waals surface area contributed by atoms with Crippen molar-refractivity contribution < 1.29 is 9.53 Å². The van der Waals surface area contributed by atoms with E-state index in [0.717, 1.165) is 16.3 Å². The quantitative estimate of drug-likeness (QED) is 0.573. The minimum Gasteiger partial charge on any atom is -0.443 e. The van der Waals surface area contributed by atoms with Crippen molar-refractivity contribution in [2.24, 2.45) is 0 Å². The van der Waals surface area contributed by atoms with Crippen LogP contribution in [0, 0.1) is 0 Å². The molecule has 0 aliphatic rings. The average molecular weight is 348 g/mol. The van der Waals surface area contributed by atoms with Gasteiger partial charge in [-0.05, 0) is 54.9 Å². The van der Waals surface area contributed by atoms with Crippen molar-refractivity contribution in [2.75, 3.05) is 0 Å². The van der Waals surface area contributed by atoms with E-state index in [2.05, 4.69) is 25.9 Å². The highest BCUT2D eigenvalue weighted by molar-refractivity contribution is 9.10. The number of fused-ring (bicyclic) bond motifs is 3. The molecule has 0 atom stereocenters. The van der Waals surface area contributed by atoms with Crippen molar-refractivity contribution >= 4 is 44.0 Å². The van der Waals surface area contributed by atoms with E-state index in [-0.39, 0.29) is 0 Å². The van der Waals surface area contributed by atoms with Crippen LogP contribution < -0.4 is 0 Å². The number of halogens is 1. The third kappa shape index (κ3) is 2.51. The molecule has 0 aliphatic carbocycles. The van der Waals surface area contributed by atoms with E-state index in [0.29, 0.717) is 10.3 Å².